The molecule has 1 unspecified atom stereocenters. The van der Waals surface area contributed by atoms with Crippen LogP contribution in [-0.4, -0.2) is 0 Å². The van der Waals surface area contributed by atoms with Gasteiger partial charge in [0.25, 0.3) is 0 Å². The van der Waals surface area contributed by atoms with E-state index in [0.29, 0.717) is 6.04 Å². The van der Waals surface area contributed by atoms with E-state index in [1.807, 2.05) is 0 Å². The number of benzene rings is 2. The van der Waals surface area contributed by atoms with Gasteiger partial charge in [0, 0.05) is 11.7 Å². The van der Waals surface area contributed by atoms with E-state index in [9.17, 15) is 0 Å². The standard InChI is InChI=1S/C16H19N/c1-12-4-8-15(9-5-12)14(3)17-16-10-6-13(2)7-11-16/h4-11,14,17H,1-3H3. The van der Waals surface area contributed by atoms with Gasteiger partial charge in [-0.25, -0.2) is 0 Å². The molecule has 1 atom stereocenters. The van der Waals surface area contributed by atoms with Crippen LogP contribution in [0.4, 0.5) is 5.69 Å². The number of rotatable bonds is 3. The van der Waals surface area contributed by atoms with Crippen molar-refractivity contribution < 1.29 is 0 Å². The molecule has 0 heterocycles. The Kier molecular flexibility index (Phi) is 3.48. The van der Waals surface area contributed by atoms with Gasteiger partial charge in [0.15, 0.2) is 0 Å². The second-order valence-electron chi connectivity index (χ2n) is 4.64. The molecule has 2 aromatic carbocycles. The van der Waals surface area contributed by atoms with Gasteiger partial charge in [-0.15, -0.1) is 0 Å². The summed E-state index contributed by atoms with van der Waals surface area (Å²) >= 11 is 0. The predicted molar refractivity (Wildman–Crippen MR) is 74.4 cm³/mol. The number of hydrogen-bond donors (Lipinski definition) is 1. The molecule has 0 fully saturated rings. The molecule has 0 amide bonds. The second-order valence-corrected chi connectivity index (χ2v) is 4.64. The van der Waals surface area contributed by atoms with Crippen molar-refractivity contribution in [2.24, 2.45) is 0 Å². The first-order valence-corrected chi connectivity index (χ1v) is 6.05. The molecule has 0 saturated heterocycles. The third-order valence-corrected chi connectivity index (χ3v) is 3.01. The van der Waals surface area contributed by atoms with Gasteiger partial charge in [-0.3, -0.25) is 0 Å². The third kappa shape index (κ3) is 3.10. The van der Waals surface area contributed by atoms with Crippen molar-refractivity contribution in [1.29, 1.82) is 0 Å². The maximum absolute atomic E-state index is 3.50. The average Bonchev–Trinajstić information content (AvgIpc) is 2.33. The van der Waals surface area contributed by atoms with Gasteiger partial charge >= 0.3 is 0 Å². The highest BCUT2D eigenvalue weighted by molar-refractivity contribution is 5.46. The number of hydrogen-bond acceptors (Lipinski definition) is 1. The van der Waals surface area contributed by atoms with Crippen LogP contribution in [0.5, 0.6) is 0 Å². The fraction of sp³-hybridized carbons (Fsp3) is 0.250. The van der Waals surface area contributed by atoms with Crippen LogP contribution >= 0.6 is 0 Å². The van der Waals surface area contributed by atoms with Crippen molar-refractivity contribution in [2.75, 3.05) is 5.32 Å². The Labute approximate surface area is 103 Å². The van der Waals surface area contributed by atoms with Crippen LogP contribution in [0.15, 0.2) is 48.5 Å². The van der Waals surface area contributed by atoms with Crippen LogP contribution in [0.2, 0.25) is 0 Å². The summed E-state index contributed by atoms with van der Waals surface area (Å²) in [5.74, 6) is 0. The van der Waals surface area contributed by atoms with Crippen molar-refractivity contribution in [1.82, 2.24) is 0 Å². The Balaban J connectivity index is 2.08. The van der Waals surface area contributed by atoms with Crippen LogP contribution in [0.1, 0.15) is 29.7 Å². The van der Waals surface area contributed by atoms with E-state index in [2.05, 4.69) is 74.6 Å². The number of aryl methyl sites for hydroxylation is 2. The van der Waals surface area contributed by atoms with Crippen LogP contribution in [0.25, 0.3) is 0 Å². The molecule has 88 valence electrons. The summed E-state index contributed by atoms with van der Waals surface area (Å²) in [6.45, 7) is 6.40. The molecule has 0 aliphatic carbocycles. The van der Waals surface area contributed by atoms with E-state index in [0.717, 1.165) is 0 Å². The number of nitrogens with one attached hydrogen (secondary N) is 1. The van der Waals surface area contributed by atoms with Crippen LogP contribution in [0.3, 0.4) is 0 Å². The normalized spacial score (nSPS) is 12.2. The lowest BCUT2D eigenvalue weighted by Crippen LogP contribution is -2.06. The van der Waals surface area contributed by atoms with Gasteiger partial charge in [0.1, 0.15) is 0 Å². The Hall–Kier alpha value is -1.76. The van der Waals surface area contributed by atoms with Crippen molar-refractivity contribution in [2.45, 2.75) is 26.8 Å². The summed E-state index contributed by atoms with van der Waals surface area (Å²) in [7, 11) is 0. The molecule has 17 heavy (non-hydrogen) atoms. The molecule has 0 aliphatic rings. The molecule has 0 bridgehead atoms. The van der Waals surface area contributed by atoms with E-state index in [-0.39, 0.29) is 0 Å². The fourth-order valence-corrected chi connectivity index (χ4v) is 1.84. The SMILES string of the molecule is Cc1ccc(NC(C)c2ccc(C)cc2)cc1. The molecule has 0 radical (unpaired) electrons. The minimum absolute atomic E-state index is 0.332. The molecule has 1 heteroatoms. The van der Waals surface area contributed by atoms with Gasteiger partial charge in [0.05, 0.1) is 0 Å². The molecular formula is C16H19N. The van der Waals surface area contributed by atoms with Crippen molar-refractivity contribution in [3.05, 3.63) is 65.2 Å². The van der Waals surface area contributed by atoms with Gasteiger partial charge < -0.3 is 5.32 Å². The Morgan fingerprint density at radius 3 is 1.76 bits per heavy atom. The lowest BCUT2D eigenvalue weighted by Gasteiger charge is -2.16. The van der Waals surface area contributed by atoms with Gasteiger partial charge in [-0.1, -0.05) is 47.5 Å². The molecule has 0 saturated carbocycles. The lowest BCUT2D eigenvalue weighted by molar-refractivity contribution is 0.884. The molecule has 1 nitrogen and oxygen atoms in total. The molecule has 0 aliphatic heterocycles. The van der Waals surface area contributed by atoms with Gasteiger partial charge in [0.2, 0.25) is 0 Å². The Bertz CT molecular complexity index is 468. The zero-order valence-electron chi connectivity index (χ0n) is 10.7. The summed E-state index contributed by atoms with van der Waals surface area (Å²) in [5, 5.41) is 3.50. The van der Waals surface area contributed by atoms with Crippen molar-refractivity contribution in [3.63, 3.8) is 0 Å². The summed E-state index contributed by atoms with van der Waals surface area (Å²) in [4.78, 5) is 0. The minimum atomic E-state index is 0.332. The van der Waals surface area contributed by atoms with E-state index in [1.54, 1.807) is 0 Å². The molecule has 1 N–H and O–H groups in total. The highest BCUT2D eigenvalue weighted by atomic mass is 14.9. The third-order valence-electron chi connectivity index (χ3n) is 3.01. The first-order chi connectivity index (χ1) is 8.15. The molecule has 2 rings (SSSR count). The smallest absolute Gasteiger partial charge is 0.0485 e. The van der Waals surface area contributed by atoms with Crippen molar-refractivity contribution in [3.8, 4) is 0 Å². The van der Waals surface area contributed by atoms with E-state index in [1.165, 1.54) is 22.4 Å². The average molecular weight is 225 g/mol. The minimum Gasteiger partial charge on any atom is -0.379 e. The van der Waals surface area contributed by atoms with Crippen molar-refractivity contribution >= 4 is 5.69 Å². The maximum atomic E-state index is 3.50. The largest absolute Gasteiger partial charge is 0.379 e. The van der Waals surface area contributed by atoms with Crippen LogP contribution in [0, 0.1) is 13.8 Å². The first-order valence-electron chi connectivity index (χ1n) is 6.05. The summed E-state index contributed by atoms with van der Waals surface area (Å²) in [6.07, 6.45) is 0. The van der Waals surface area contributed by atoms with E-state index in [4.69, 9.17) is 0 Å². The quantitative estimate of drug-likeness (QED) is 0.812. The zero-order chi connectivity index (χ0) is 12.3. The maximum Gasteiger partial charge on any atom is 0.0485 e. The summed E-state index contributed by atoms with van der Waals surface area (Å²) in [5.41, 5.74) is 5.08. The molecule has 0 spiro atoms. The monoisotopic (exact) mass is 225 g/mol. The van der Waals surface area contributed by atoms with Gasteiger partial charge in [-0.05, 0) is 38.5 Å². The first kappa shape index (κ1) is 11.7. The second kappa shape index (κ2) is 5.05. The highest BCUT2D eigenvalue weighted by Gasteiger charge is 2.04. The lowest BCUT2D eigenvalue weighted by atomic mass is 10.1. The summed E-state index contributed by atoms with van der Waals surface area (Å²) in [6, 6.07) is 17.5. The fourth-order valence-electron chi connectivity index (χ4n) is 1.84. The molecule has 0 aromatic heterocycles. The highest BCUT2D eigenvalue weighted by Crippen LogP contribution is 2.19. The van der Waals surface area contributed by atoms with Crippen LogP contribution in [-0.2, 0) is 0 Å². The zero-order valence-corrected chi connectivity index (χ0v) is 10.7. The van der Waals surface area contributed by atoms with Gasteiger partial charge in [-0.2, -0.15) is 0 Å². The van der Waals surface area contributed by atoms with Crippen LogP contribution < -0.4 is 5.32 Å². The Morgan fingerprint density at radius 1 is 0.765 bits per heavy atom. The van der Waals surface area contributed by atoms with E-state index < -0.39 is 0 Å². The Morgan fingerprint density at radius 2 is 1.24 bits per heavy atom. The van der Waals surface area contributed by atoms with E-state index >= 15 is 0 Å². The predicted octanol–water partition coefficient (Wildman–Crippen LogP) is 4.48. The topological polar surface area (TPSA) is 12.0 Å². The molecule has 2 aromatic rings. The number of anilines is 1. The molecular weight excluding hydrogens is 206 g/mol. The summed E-state index contributed by atoms with van der Waals surface area (Å²) < 4.78 is 0.